The molecule has 0 fully saturated rings. The second-order valence-electron chi connectivity index (χ2n) is 5.44. The van der Waals surface area contributed by atoms with E-state index in [1.54, 1.807) is 0 Å². The number of benzene rings is 1. The number of nitrogens with zero attached hydrogens (tertiary/aromatic N) is 1. The second-order valence-corrected chi connectivity index (χ2v) is 5.44. The largest absolute Gasteiger partial charge is 0.382 e. The molecule has 1 atom stereocenters. The third kappa shape index (κ3) is 2.95. The number of fused-ring (bicyclic) bond motifs is 1. The van der Waals surface area contributed by atoms with Crippen LogP contribution in [0.2, 0.25) is 0 Å². The van der Waals surface area contributed by atoms with E-state index in [9.17, 15) is 0 Å². The number of aromatic nitrogens is 1. The zero-order chi connectivity index (χ0) is 13.1. The molecule has 0 radical (unpaired) electrons. The molecule has 0 saturated heterocycles. The fraction of sp³-hybridized carbons (Fsp3) is 0.353. The summed E-state index contributed by atoms with van der Waals surface area (Å²) in [5, 5.41) is 3.55. The van der Waals surface area contributed by atoms with Gasteiger partial charge in [0.25, 0.3) is 0 Å². The molecule has 1 aliphatic heterocycles. The van der Waals surface area contributed by atoms with Crippen molar-refractivity contribution in [3.8, 4) is 0 Å². The molecule has 2 nitrogen and oxygen atoms in total. The molecule has 98 valence electrons. The lowest BCUT2D eigenvalue weighted by atomic mass is 9.95. The molecule has 1 aliphatic rings. The molecular formula is C17H20N2. The van der Waals surface area contributed by atoms with Gasteiger partial charge in [-0.15, -0.1) is 0 Å². The molecule has 2 aromatic rings. The van der Waals surface area contributed by atoms with E-state index in [2.05, 4.69) is 41.5 Å². The highest BCUT2D eigenvalue weighted by Crippen LogP contribution is 2.26. The van der Waals surface area contributed by atoms with Gasteiger partial charge in [-0.2, -0.15) is 0 Å². The van der Waals surface area contributed by atoms with Crippen molar-refractivity contribution in [3.05, 3.63) is 59.4 Å². The Kier molecular flexibility index (Phi) is 3.49. The van der Waals surface area contributed by atoms with Crippen LogP contribution < -0.4 is 5.32 Å². The van der Waals surface area contributed by atoms with Crippen LogP contribution in [0.15, 0.2) is 42.7 Å². The van der Waals surface area contributed by atoms with Gasteiger partial charge in [0, 0.05) is 24.1 Å². The first-order valence-electron chi connectivity index (χ1n) is 7.08. The van der Waals surface area contributed by atoms with E-state index < -0.39 is 0 Å². The van der Waals surface area contributed by atoms with Crippen LogP contribution in [0.5, 0.6) is 0 Å². The highest BCUT2D eigenvalue weighted by atomic mass is 14.9. The first kappa shape index (κ1) is 12.2. The maximum atomic E-state index is 4.17. The number of rotatable bonds is 3. The molecule has 0 bridgehead atoms. The Hall–Kier alpha value is -1.83. The zero-order valence-electron chi connectivity index (χ0n) is 11.4. The van der Waals surface area contributed by atoms with Crippen molar-refractivity contribution in [1.29, 1.82) is 0 Å². The average molecular weight is 252 g/mol. The van der Waals surface area contributed by atoms with Crippen molar-refractivity contribution in [2.45, 2.75) is 38.6 Å². The van der Waals surface area contributed by atoms with Crippen molar-refractivity contribution < 1.29 is 0 Å². The van der Waals surface area contributed by atoms with Gasteiger partial charge in [0.15, 0.2) is 0 Å². The number of anilines is 1. The van der Waals surface area contributed by atoms with Crippen LogP contribution in [-0.2, 0) is 19.3 Å². The predicted molar refractivity (Wildman–Crippen MR) is 79.5 cm³/mol. The predicted octanol–water partition coefficient (Wildman–Crippen LogP) is 3.61. The third-order valence-electron chi connectivity index (χ3n) is 3.84. The quantitative estimate of drug-likeness (QED) is 0.902. The summed E-state index contributed by atoms with van der Waals surface area (Å²) in [4.78, 5) is 4.17. The Morgan fingerprint density at radius 2 is 2.11 bits per heavy atom. The summed E-state index contributed by atoms with van der Waals surface area (Å²) in [6.07, 6.45) is 8.38. The Balaban J connectivity index is 1.69. The topological polar surface area (TPSA) is 24.9 Å². The number of hydrogen-bond acceptors (Lipinski definition) is 2. The lowest BCUT2D eigenvalue weighted by molar-refractivity contribution is 0.680. The summed E-state index contributed by atoms with van der Waals surface area (Å²) in [6.45, 7) is 2.25. The number of nitrogens with one attached hydrogen (secondary N) is 1. The molecular weight excluding hydrogens is 232 g/mol. The lowest BCUT2D eigenvalue weighted by Crippen LogP contribution is -2.21. The molecule has 0 aliphatic carbocycles. The number of pyridine rings is 1. The van der Waals surface area contributed by atoms with Crippen molar-refractivity contribution in [2.24, 2.45) is 0 Å². The Morgan fingerprint density at radius 3 is 2.95 bits per heavy atom. The van der Waals surface area contributed by atoms with E-state index in [1.165, 1.54) is 35.2 Å². The minimum absolute atomic E-state index is 0.605. The van der Waals surface area contributed by atoms with E-state index in [1.807, 2.05) is 18.5 Å². The van der Waals surface area contributed by atoms with Crippen LogP contribution in [-0.4, -0.2) is 11.0 Å². The van der Waals surface area contributed by atoms with Gasteiger partial charge in [-0.1, -0.05) is 18.2 Å². The minimum atomic E-state index is 0.605. The van der Waals surface area contributed by atoms with E-state index in [0.717, 1.165) is 12.8 Å². The zero-order valence-corrected chi connectivity index (χ0v) is 11.4. The molecule has 0 spiro atoms. The molecule has 2 heteroatoms. The summed E-state index contributed by atoms with van der Waals surface area (Å²) in [7, 11) is 0. The average Bonchev–Trinajstić information content (AvgIpc) is 2.46. The maximum Gasteiger partial charge on any atom is 0.0374 e. The molecule has 0 amide bonds. The fourth-order valence-corrected chi connectivity index (χ4v) is 2.69. The smallest absolute Gasteiger partial charge is 0.0374 e. The van der Waals surface area contributed by atoms with Gasteiger partial charge in [0.2, 0.25) is 0 Å². The van der Waals surface area contributed by atoms with E-state index in [0.29, 0.717) is 6.04 Å². The summed E-state index contributed by atoms with van der Waals surface area (Å²) >= 11 is 0. The summed E-state index contributed by atoms with van der Waals surface area (Å²) in [6, 6.07) is 11.6. The molecule has 2 heterocycles. The maximum absolute atomic E-state index is 4.17. The molecule has 1 aromatic heterocycles. The van der Waals surface area contributed by atoms with Gasteiger partial charge >= 0.3 is 0 Å². The van der Waals surface area contributed by atoms with Crippen molar-refractivity contribution in [1.82, 2.24) is 4.98 Å². The van der Waals surface area contributed by atoms with Crippen LogP contribution in [0, 0.1) is 0 Å². The highest BCUT2D eigenvalue weighted by molar-refractivity contribution is 5.55. The normalized spacial score (nSPS) is 17.6. The van der Waals surface area contributed by atoms with Crippen LogP contribution in [0.3, 0.4) is 0 Å². The Labute approximate surface area is 114 Å². The molecule has 3 rings (SSSR count). The molecule has 1 unspecified atom stereocenters. The molecule has 1 N–H and O–H groups in total. The van der Waals surface area contributed by atoms with Gasteiger partial charge in [0.05, 0.1) is 0 Å². The van der Waals surface area contributed by atoms with E-state index >= 15 is 0 Å². The van der Waals surface area contributed by atoms with E-state index in [4.69, 9.17) is 0 Å². The van der Waals surface area contributed by atoms with E-state index in [-0.39, 0.29) is 0 Å². The standard InChI is InChI=1S/C17H20N2/c1-13-4-8-16-11-14(7-9-17(16)19-13)5-6-15-3-2-10-18-12-15/h2-3,7,9-13,19H,4-6,8H2,1H3. The Bertz CT molecular complexity index is 548. The monoisotopic (exact) mass is 252 g/mol. The van der Waals surface area contributed by atoms with Gasteiger partial charge < -0.3 is 5.32 Å². The van der Waals surface area contributed by atoms with Crippen molar-refractivity contribution >= 4 is 5.69 Å². The third-order valence-corrected chi connectivity index (χ3v) is 3.84. The first-order chi connectivity index (χ1) is 9.31. The van der Waals surface area contributed by atoms with Crippen LogP contribution in [0.4, 0.5) is 5.69 Å². The summed E-state index contributed by atoms with van der Waals surface area (Å²) < 4.78 is 0. The number of aryl methyl sites for hydroxylation is 3. The lowest BCUT2D eigenvalue weighted by Gasteiger charge is -2.24. The summed E-state index contributed by atoms with van der Waals surface area (Å²) in [5.41, 5.74) is 5.54. The van der Waals surface area contributed by atoms with Crippen molar-refractivity contribution in [2.75, 3.05) is 5.32 Å². The molecule has 19 heavy (non-hydrogen) atoms. The van der Waals surface area contributed by atoms with Gasteiger partial charge in [-0.25, -0.2) is 0 Å². The van der Waals surface area contributed by atoms with Gasteiger partial charge in [-0.3, -0.25) is 4.98 Å². The SMILES string of the molecule is CC1CCc2cc(CCc3cccnc3)ccc2N1. The molecule has 0 saturated carbocycles. The second kappa shape index (κ2) is 5.43. The first-order valence-corrected chi connectivity index (χ1v) is 7.08. The highest BCUT2D eigenvalue weighted by Gasteiger charge is 2.13. The minimum Gasteiger partial charge on any atom is -0.382 e. The van der Waals surface area contributed by atoms with Crippen LogP contribution >= 0.6 is 0 Å². The van der Waals surface area contributed by atoms with Crippen LogP contribution in [0.1, 0.15) is 30.0 Å². The van der Waals surface area contributed by atoms with Gasteiger partial charge in [-0.05, 0) is 61.4 Å². The van der Waals surface area contributed by atoms with Crippen LogP contribution in [0.25, 0.3) is 0 Å². The number of hydrogen-bond donors (Lipinski definition) is 1. The Morgan fingerprint density at radius 1 is 1.21 bits per heavy atom. The molecule has 1 aromatic carbocycles. The summed E-state index contributed by atoms with van der Waals surface area (Å²) in [5.74, 6) is 0. The van der Waals surface area contributed by atoms with Crippen molar-refractivity contribution in [3.63, 3.8) is 0 Å². The van der Waals surface area contributed by atoms with Gasteiger partial charge in [0.1, 0.15) is 0 Å². The fourth-order valence-electron chi connectivity index (χ4n) is 2.69.